The Hall–Kier alpha value is -1.25. The van der Waals surface area contributed by atoms with Crippen molar-refractivity contribution in [3.05, 3.63) is 35.6 Å². The van der Waals surface area contributed by atoms with Gasteiger partial charge in [-0.25, -0.2) is 0 Å². The summed E-state index contributed by atoms with van der Waals surface area (Å²) in [5.74, 6) is -2.83. The zero-order valence-corrected chi connectivity index (χ0v) is 5.59. The average Bonchev–Trinajstić information content (AvgIpc) is 2.34. The zero-order valence-electron chi connectivity index (χ0n) is 5.59. The van der Waals surface area contributed by atoms with Crippen molar-refractivity contribution in [2.45, 2.75) is 5.92 Å². The van der Waals surface area contributed by atoms with Crippen LogP contribution in [0, 0.1) is 0 Å². The molecule has 3 heteroatoms. The summed E-state index contributed by atoms with van der Waals surface area (Å²) in [5.41, 5.74) is 0.373. The second-order valence-corrected chi connectivity index (χ2v) is 2.39. The van der Waals surface area contributed by atoms with Crippen LogP contribution in [0.25, 0.3) is 0 Å². The molecule has 1 aliphatic heterocycles. The minimum atomic E-state index is -2.83. The summed E-state index contributed by atoms with van der Waals surface area (Å²) in [6, 6.07) is 0. The molecule has 0 aromatic rings. The molecule has 0 spiro atoms. The number of nitrogens with zero attached hydrogens (tertiary/aromatic N) is 1. The van der Waals surface area contributed by atoms with Gasteiger partial charge in [0.15, 0.2) is 0 Å². The summed E-state index contributed by atoms with van der Waals surface area (Å²) in [6.45, 7) is 0. The summed E-state index contributed by atoms with van der Waals surface area (Å²) in [4.78, 5) is 3.77. The van der Waals surface area contributed by atoms with Crippen LogP contribution in [-0.2, 0) is 0 Å². The summed E-state index contributed by atoms with van der Waals surface area (Å²) in [5, 5.41) is 0. The second-order valence-electron chi connectivity index (χ2n) is 2.39. The Balaban J connectivity index is 2.51. The maximum absolute atomic E-state index is 12.9. The molecule has 1 nitrogen and oxygen atoms in total. The van der Waals surface area contributed by atoms with Crippen molar-refractivity contribution in [3.8, 4) is 0 Å². The van der Waals surface area contributed by atoms with E-state index < -0.39 is 5.92 Å². The molecular weight excluding hydrogens is 148 g/mol. The van der Waals surface area contributed by atoms with Gasteiger partial charge in [0.05, 0.1) is 11.3 Å². The first-order valence-corrected chi connectivity index (χ1v) is 3.23. The number of alkyl halides is 2. The van der Waals surface area contributed by atoms with Gasteiger partial charge in [-0.3, -0.25) is 4.99 Å². The minimum Gasteiger partial charge on any atom is -0.256 e. The standard InChI is InChI=1S/C8H5F2N/c9-8(10)4-1-2-7-6(8)3-5-11-7/h1-5H. The fourth-order valence-electron chi connectivity index (χ4n) is 1.11. The van der Waals surface area contributed by atoms with Gasteiger partial charge in [0.2, 0.25) is 0 Å². The van der Waals surface area contributed by atoms with Crippen LogP contribution in [-0.4, -0.2) is 12.1 Å². The molecule has 0 aromatic carbocycles. The van der Waals surface area contributed by atoms with Crippen LogP contribution in [0.1, 0.15) is 0 Å². The van der Waals surface area contributed by atoms with Crippen LogP contribution in [0.2, 0.25) is 0 Å². The monoisotopic (exact) mass is 153 g/mol. The first-order chi connectivity index (χ1) is 5.20. The third-order valence-corrected chi connectivity index (χ3v) is 1.65. The Kier molecular flexibility index (Phi) is 1.10. The highest BCUT2D eigenvalue weighted by atomic mass is 19.3. The van der Waals surface area contributed by atoms with Crippen molar-refractivity contribution in [3.63, 3.8) is 0 Å². The second kappa shape index (κ2) is 1.87. The van der Waals surface area contributed by atoms with Gasteiger partial charge in [-0.15, -0.1) is 0 Å². The van der Waals surface area contributed by atoms with Crippen molar-refractivity contribution in [1.82, 2.24) is 0 Å². The summed E-state index contributed by atoms with van der Waals surface area (Å²) < 4.78 is 25.8. The normalized spacial score (nSPS) is 24.5. The molecule has 1 aliphatic carbocycles. The molecule has 0 aromatic heterocycles. The van der Waals surface area contributed by atoms with Crippen molar-refractivity contribution >= 4 is 6.21 Å². The molecule has 2 aliphatic rings. The third-order valence-electron chi connectivity index (χ3n) is 1.65. The van der Waals surface area contributed by atoms with Gasteiger partial charge in [-0.2, -0.15) is 8.78 Å². The molecule has 0 radical (unpaired) electrons. The Bertz CT molecular complexity index is 308. The van der Waals surface area contributed by atoms with Crippen LogP contribution in [0.3, 0.4) is 0 Å². The van der Waals surface area contributed by atoms with E-state index in [9.17, 15) is 8.78 Å². The lowest BCUT2D eigenvalue weighted by Gasteiger charge is -2.16. The Morgan fingerprint density at radius 2 is 2.09 bits per heavy atom. The highest BCUT2D eigenvalue weighted by Crippen LogP contribution is 2.36. The third kappa shape index (κ3) is 0.843. The number of aliphatic imine (C=N–C) groups is 1. The molecule has 0 saturated heterocycles. The van der Waals surface area contributed by atoms with Gasteiger partial charge in [-0.05, 0) is 18.2 Å². The van der Waals surface area contributed by atoms with Crippen molar-refractivity contribution in [2.24, 2.45) is 4.99 Å². The lowest BCUT2D eigenvalue weighted by atomic mass is 10.0. The molecule has 11 heavy (non-hydrogen) atoms. The predicted molar refractivity (Wildman–Crippen MR) is 38.7 cm³/mol. The first kappa shape index (κ1) is 6.46. The van der Waals surface area contributed by atoms with E-state index in [0.717, 1.165) is 6.08 Å². The van der Waals surface area contributed by atoms with Crippen LogP contribution in [0.4, 0.5) is 8.78 Å². The Morgan fingerprint density at radius 1 is 1.27 bits per heavy atom. The highest BCUT2D eigenvalue weighted by Gasteiger charge is 2.35. The summed E-state index contributed by atoms with van der Waals surface area (Å²) in [6.07, 6.45) is 6.51. The first-order valence-electron chi connectivity index (χ1n) is 3.23. The number of halogens is 2. The molecule has 0 N–H and O–H groups in total. The minimum absolute atomic E-state index is 0.000000000000000444. The number of hydrogen-bond donors (Lipinski definition) is 0. The molecular formula is C8H5F2N. The highest BCUT2D eigenvalue weighted by molar-refractivity contribution is 5.81. The van der Waals surface area contributed by atoms with E-state index in [1.165, 1.54) is 18.4 Å². The summed E-state index contributed by atoms with van der Waals surface area (Å²) in [7, 11) is 0. The maximum atomic E-state index is 12.9. The molecule has 0 unspecified atom stereocenters. The number of rotatable bonds is 0. The van der Waals surface area contributed by atoms with E-state index >= 15 is 0 Å². The van der Waals surface area contributed by atoms with Gasteiger partial charge >= 0.3 is 0 Å². The zero-order chi connectivity index (χ0) is 7.90. The molecule has 0 bridgehead atoms. The maximum Gasteiger partial charge on any atom is 0.294 e. The molecule has 0 fully saturated rings. The van der Waals surface area contributed by atoms with Crippen LogP contribution in [0.5, 0.6) is 0 Å². The lowest BCUT2D eigenvalue weighted by Crippen LogP contribution is -2.17. The van der Waals surface area contributed by atoms with Gasteiger partial charge in [-0.1, -0.05) is 6.08 Å². The Morgan fingerprint density at radius 3 is 2.82 bits per heavy atom. The molecule has 2 rings (SSSR count). The number of allylic oxidation sites excluding steroid dienone is 5. The fraction of sp³-hybridized carbons (Fsp3) is 0.125. The topological polar surface area (TPSA) is 12.4 Å². The van der Waals surface area contributed by atoms with E-state index in [0.29, 0.717) is 5.70 Å². The largest absolute Gasteiger partial charge is 0.294 e. The van der Waals surface area contributed by atoms with E-state index in [-0.39, 0.29) is 5.57 Å². The number of hydrogen-bond acceptors (Lipinski definition) is 1. The van der Waals surface area contributed by atoms with Crippen molar-refractivity contribution in [2.75, 3.05) is 0 Å². The van der Waals surface area contributed by atoms with Crippen LogP contribution in [0.15, 0.2) is 40.6 Å². The molecule has 0 atom stereocenters. The lowest BCUT2D eigenvalue weighted by molar-refractivity contribution is 0.0990. The van der Waals surface area contributed by atoms with Crippen molar-refractivity contribution < 1.29 is 8.78 Å². The quantitative estimate of drug-likeness (QED) is 0.505. The Labute approximate surface area is 62.4 Å². The molecule has 1 heterocycles. The smallest absolute Gasteiger partial charge is 0.256 e. The van der Waals surface area contributed by atoms with Crippen LogP contribution < -0.4 is 0 Å². The van der Waals surface area contributed by atoms with E-state index in [2.05, 4.69) is 4.99 Å². The predicted octanol–water partition coefficient (Wildman–Crippen LogP) is 2.09. The van der Waals surface area contributed by atoms with Gasteiger partial charge in [0.25, 0.3) is 5.92 Å². The fourth-order valence-corrected chi connectivity index (χ4v) is 1.11. The van der Waals surface area contributed by atoms with E-state index in [4.69, 9.17) is 0 Å². The van der Waals surface area contributed by atoms with Crippen LogP contribution >= 0.6 is 0 Å². The van der Waals surface area contributed by atoms with E-state index in [1.807, 2.05) is 0 Å². The SMILES string of the molecule is FC1(F)C=CC=C2N=CC=C21. The number of fused-ring (bicyclic) bond motifs is 1. The van der Waals surface area contributed by atoms with Gasteiger partial charge in [0, 0.05) is 6.21 Å². The average molecular weight is 153 g/mol. The molecule has 0 amide bonds. The van der Waals surface area contributed by atoms with E-state index in [1.54, 1.807) is 6.08 Å². The summed E-state index contributed by atoms with van der Waals surface area (Å²) >= 11 is 0. The van der Waals surface area contributed by atoms with Crippen molar-refractivity contribution in [1.29, 1.82) is 0 Å². The molecule has 56 valence electrons. The molecule has 0 saturated carbocycles. The van der Waals surface area contributed by atoms with Gasteiger partial charge in [0.1, 0.15) is 0 Å². The van der Waals surface area contributed by atoms with Gasteiger partial charge < -0.3 is 0 Å².